The molecule has 0 fully saturated rings. The predicted octanol–water partition coefficient (Wildman–Crippen LogP) is 0.610. The lowest BCUT2D eigenvalue weighted by Crippen LogP contribution is -2.17. The van der Waals surface area contributed by atoms with Crippen LogP contribution in [0.1, 0.15) is 11.3 Å². The zero-order valence-corrected chi connectivity index (χ0v) is 6.57. The molecular weight excluding hydrogens is 162 g/mol. The molecule has 1 aromatic rings. The number of nitrogen functional groups attached to an aromatic ring is 1. The van der Waals surface area contributed by atoms with E-state index in [1.165, 1.54) is 11.3 Å². The Labute approximate surface area is 67.4 Å². The van der Waals surface area contributed by atoms with Crippen LogP contribution in [0.4, 0.5) is 10.9 Å². The van der Waals surface area contributed by atoms with Gasteiger partial charge in [-0.1, -0.05) is 0 Å². The van der Waals surface area contributed by atoms with Gasteiger partial charge >= 0.3 is 0 Å². The van der Waals surface area contributed by atoms with Crippen molar-refractivity contribution in [2.24, 2.45) is 0 Å². The first-order chi connectivity index (χ1) is 5.25. The molecule has 58 valence electrons. The van der Waals surface area contributed by atoms with Crippen molar-refractivity contribution in [1.29, 1.82) is 0 Å². The van der Waals surface area contributed by atoms with Crippen LogP contribution in [-0.2, 0) is 11.2 Å². The van der Waals surface area contributed by atoms with Crippen LogP contribution in [0.25, 0.3) is 0 Å². The fraction of sp³-hybridized carbons (Fsp3) is 0.333. The average Bonchev–Trinajstić information content (AvgIpc) is 2.27. The molecule has 4 nitrogen and oxygen atoms in total. The number of aromatic nitrogens is 1. The van der Waals surface area contributed by atoms with Crippen molar-refractivity contribution in [3.8, 4) is 0 Å². The fourth-order valence-electron chi connectivity index (χ4n) is 1.06. The molecule has 1 aliphatic heterocycles. The Morgan fingerprint density at radius 3 is 3.18 bits per heavy atom. The minimum absolute atomic E-state index is 0.0304. The maximum Gasteiger partial charge on any atom is 0.225 e. The van der Waals surface area contributed by atoms with Crippen LogP contribution in [0.3, 0.4) is 0 Å². The van der Waals surface area contributed by atoms with E-state index >= 15 is 0 Å². The lowest BCUT2D eigenvalue weighted by molar-refractivity contribution is -0.116. The molecule has 3 N–H and O–H groups in total. The van der Waals surface area contributed by atoms with E-state index in [9.17, 15) is 4.79 Å². The number of nitrogens with one attached hydrogen (secondary N) is 1. The summed E-state index contributed by atoms with van der Waals surface area (Å²) in [7, 11) is 0. The predicted molar refractivity (Wildman–Crippen MR) is 43.5 cm³/mol. The Bertz CT molecular complexity index is 307. The third-order valence-electron chi connectivity index (χ3n) is 1.55. The molecule has 2 rings (SSSR count). The SMILES string of the molecule is Nc1nc2c(s1)CCC(=O)N2. The topological polar surface area (TPSA) is 68.0 Å². The van der Waals surface area contributed by atoms with Gasteiger partial charge in [0, 0.05) is 6.42 Å². The quantitative estimate of drug-likeness (QED) is 0.598. The number of carbonyl (C=O) groups excluding carboxylic acids is 1. The van der Waals surface area contributed by atoms with E-state index in [0.29, 0.717) is 17.4 Å². The molecular formula is C6H7N3OS. The van der Waals surface area contributed by atoms with Crippen LogP contribution in [0, 0.1) is 0 Å². The number of nitrogens with two attached hydrogens (primary N) is 1. The maximum atomic E-state index is 10.8. The molecule has 2 heterocycles. The normalized spacial score (nSPS) is 15.8. The summed E-state index contributed by atoms with van der Waals surface area (Å²) in [6.45, 7) is 0. The van der Waals surface area contributed by atoms with Crippen LogP contribution in [0.15, 0.2) is 0 Å². The molecule has 0 bridgehead atoms. The standard InChI is InChI=1S/C6H7N3OS/c7-6-9-5-3(11-6)1-2-4(10)8-5/h1-2H2,(H2,7,9)(H,8,10). The van der Waals surface area contributed by atoms with E-state index in [1.807, 2.05) is 0 Å². The average molecular weight is 169 g/mol. The monoisotopic (exact) mass is 169 g/mol. The van der Waals surface area contributed by atoms with Gasteiger partial charge in [-0.15, -0.1) is 11.3 Å². The number of hydrogen-bond acceptors (Lipinski definition) is 4. The second kappa shape index (κ2) is 2.20. The van der Waals surface area contributed by atoms with Crippen molar-refractivity contribution >= 4 is 28.2 Å². The van der Waals surface area contributed by atoms with E-state index in [4.69, 9.17) is 5.73 Å². The Kier molecular flexibility index (Phi) is 1.32. The summed E-state index contributed by atoms with van der Waals surface area (Å²) in [6.07, 6.45) is 1.32. The first-order valence-corrected chi connectivity index (χ1v) is 4.12. The highest BCUT2D eigenvalue weighted by Crippen LogP contribution is 2.28. The van der Waals surface area contributed by atoms with Crippen LogP contribution >= 0.6 is 11.3 Å². The Morgan fingerprint density at radius 1 is 1.55 bits per heavy atom. The van der Waals surface area contributed by atoms with Gasteiger partial charge in [0.1, 0.15) is 5.82 Å². The number of thiazole rings is 1. The van der Waals surface area contributed by atoms with Gasteiger partial charge in [0.15, 0.2) is 5.13 Å². The first kappa shape index (κ1) is 6.60. The van der Waals surface area contributed by atoms with Gasteiger partial charge in [0.25, 0.3) is 0 Å². The first-order valence-electron chi connectivity index (χ1n) is 3.31. The van der Waals surface area contributed by atoms with Gasteiger partial charge < -0.3 is 11.1 Å². The molecule has 0 aliphatic carbocycles. The lowest BCUT2D eigenvalue weighted by Gasteiger charge is -2.08. The highest BCUT2D eigenvalue weighted by atomic mass is 32.1. The molecule has 1 amide bonds. The number of anilines is 2. The van der Waals surface area contributed by atoms with Crippen LogP contribution < -0.4 is 11.1 Å². The molecule has 0 unspecified atom stereocenters. The van der Waals surface area contributed by atoms with E-state index < -0.39 is 0 Å². The fourth-order valence-corrected chi connectivity index (χ4v) is 1.85. The Balaban J connectivity index is 2.41. The highest BCUT2D eigenvalue weighted by Gasteiger charge is 2.18. The van der Waals surface area contributed by atoms with E-state index in [1.54, 1.807) is 0 Å². The molecule has 0 saturated carbocycles. The molecule has 5 heteroatoms. The third kappa shape index (κ3) is 1.07. The highest BCUT2D eigenvalue weighted by molar-refractivity contribution is 7.15. The number of carbonyl (C=O) groups is 1. The van der Waals surface area contributed by atoms with Crippen LogP contribution in [0.5, 0.6) is 0 Å². The lowest BCUT2D eigenvalue weighted by atomic mass is 10.2. The van der Waals surface area contributed by atoms with Crippen LogP contribution in [0.2, 0.25) is 0 Å². The Morgan fingerprint density at radius 2 is 2.36 bits per heavy atom. The number of hydrogen-bond donors (Lipinski definition) is 2. The second-order valence-corrected chi connectivity index (χ2v) is 3.49. The van der Waals surface area contributed by atoms with Crippen molar-refractivity contribution in [1.82, 2.24) is 4.98 Å². The van der Waals surface area contributed by atoms with Gasteiger partial charge in [0.05, 0.1) is 4.88 Å². The van der Waals surface area contributed by atoms with E-state index in [-0.39, 0.29) is 5.91 Å². The number of aryl methyl sites for hydroxylation is 1. The second-order valence-electron chi connectivity index (χ2n) is 2.37. The summed E-state index contributed by atoms with van der Waals surface area (Å²) < 4.78 is 0. The summed E-state index contributed by atoms with van der Waals surface area (Å²) >= 11 is 1.44. The molecule has 1 aliphatic rings. The summed E-state index contributed by atoms with van der Waals surface area (Å²) in [5.41, 5.74) is 5.46. The molecule has 0 atom stereocenters. The third-order valence-corrected chi connectivity index (χ3v) is 2.50. The molecule has 0 saturated heterocycles. The van der Waals surface area contributed by atoms with Crippen molar-refractivity contribution < 1.29 is 4.79 Å². The van der Waals surface area contributed by atoms with Crippen molar-refractivity contribution in [3.05, 3.63) is 4.88 Å². The summed E-state index contributed by atoms with van der Waals surface area (Å²) in [6, 6.07) is 0. The molecule has 1 aromatic heterocycles. The number of fused-ring (bicyclic) bond motifs is 1. The molecule has 0 radical (unpaired) electrons. The number of nitrogens with zero attached hydrogens (tertiary/aromatic N) is 1. The summed E-state index contributed by atoms with van der Waals surface area (Å²) in [5, 5.41) is 3.19. The smallest absolute Gasteiger partial charge is 0.225 e. The summed E-state index contributed by atoms with van der Waals surface area (Å²) in [5.74, 6) is 0.687. The van der Waals surface area contributed by atoms with Gasteiger partial charge in [-0.2, -0.15) is 0 Å². The van der Waals surface area contributed by atoms with Crippen molar-refractivity contribution in [2.75, 3.05) is 11.1 Å². The minimum atomic E-state index is 0.0304. The van der Waals surface area contributed by atoms with Crippen LogP contribution in [-0.4, -0.2) is 10.9 Å². The number of amides is 1. The number of rotatable bonds is 0. The largest absolute Gasteiger partial charge is 0.375 e. The minimum Gasteiger partial charge on any atom is -0.375 e. The molecule has 0 spiro atoms. The van der Waals surface area contributed by atoms with Gasteiger partial charge in [0.2, 0.25) is 5.91 Å². The summed E-state index contributed by atoms with van der Waals surface area (Å²) in [4.78, 5) is 15.9. The zero-order chi connectivity index (χ0) is 7.84. The van der Waals surface area contributed by atoms with E-state index in [0.717, 1.165) is 11.3 Å². The zero-order valence-electron chi connectivity index (χ0n) is 5.76. The van der Waals surface area contributed by atoms with E-state index in [2.05, 4.69) is 10.3 Å². The maximum absolute atomic E-state index is 10.8. The molecule has 0 aromatic carbocycles. The van der Waals surface area contributed by atoms with Gasteiger partial charge in [-0.3, -0.25) is 4.79 Å². The Hall–Kier alpha value is -1.10. The van der Waals surface area contributed by atoms with Gasteiger partial charge in [-0.05, 0) is 6.42 Å². The van der Waals surface area contributed by atoms with Crippen molar-refractivity contribution in [3.63, 3.8) is 0 Å². The van der Waals surface area contributed by atoms with Gasteiger partial charge in [-0.25, -0.2) is 4.98 Å². The van der Waals surface area contributed by atoms with Crippen molar-refractivity contribution in [2.45, 2.75) is 12.8 Å². The molecule has 11 heavy (non-hydrogen) atoms.